The van der Waals surface area contributed by atoms with E-state index in [1.165, 1.54) is 37.8 Å². The standard InChI is InChI=1S/C12H9FN2O2/c1-17-11-7-15-5-3-9(11)12(16)8-2-4-14-6-10(8)13/h2-7H,1H3. The predicted octanol–water partition coefficient (Wildman–Crippen LogP) is 1.86. The minimum Gasteiger partial charge on any atom is -0.494 e. The number of carbonyl (C=O) groups is 1. The molecule has 0 aliphatic heterocycles. The first-order valence-corrected chi connectivity index (χ1v) is 4.86. The number of nitrogens with zero attached hydrogens (tertiary/aromatic N) is 2. The zero-order chi connectivity index (χ0) is 12.3. The monoisotopic (exact) mass is 232 g/mol. The van der Waals surface area contributed by atoms with Crippen molar-refractivity contribution in [2.75, 3.05) is 7.11 Å². The molecule has 86 valence electrons. The summed E-state index contributed by atoms with van der Waals surface area (Å²) in [6, 6.07) is 2.82. The van der Waals surface area contributed by atoms with Gasteiger partial charge < -0.3 is 4.74 Å². The number of methoxy groups -OCH3 is 1. The molecule has 0 N–H and O–H groups in total. The van der Waals surface area contributed by atoms with Crippen molar-refractivity contribution in [3.05, 3.63) is 53.9 Å². The molecule has 0 atom stereocenters. The Balaban J connectivity index is 2.48. The van der Waals surface area contributed by atoms with Crippen molar-refractivity contribution in [3.8, 4) is 5.75 Å². The molecule has 0 aromatic carbocycles. The van der Waals surface area contributed by atoms with E-state index in [0.717, 1.165) is 6.20 Å². The summed E-state index contributed by atoms with van der Waals surface area (Å²) in [5, 5.41) is 0. The Labute approximate surface area is 97.1 Å². The third-order valence-corrected chi connectivity index (χ3v) is 2.27. The van der Waals surface area contributed by atoms with Crippen LogP contribution >= 0.6 is 0 Å². The molecule has 0 unspecified atom stereocenters. The molecule has 2 aromatic heterocycles. The van der Waals surface area contributed by atoms with Gasteiger partial charge in [-0.2, -0.15) is 0 Å². The van der Waals surface area contributed by atoms with E-state index >= 15 is 0 Å². The molecule has 0 bridgehead atoms. The Hall–Kier alpha value is -2.30. The van der Waals surface area contributed by atoms with Crippen molar-refractivity contribution >= 4 is 5.78 Å². The highest BCUT2D eigenvalue weighted by Gasteiger charge is 2.17. The zero-order valence-electron chi connectivity index (χ0n) is 9.05. The first-order valence-electron chi connectivity index (χ1n) is 4.86. The molecule has 2 aromatic rings. The Bertz CT molecular complexity index is 558. The molecule has 2 heterocycles. The largest absolute Gasteiger partial charge is 0.494 e. The van der Waals surface area contributed by atoms with Crippen molar-refractivity contribution in [1.82, 2.24) is 9.97 Å². The first kappa shape index (κ1) is 11.2. The van der Waals surface area contributed by atoms with Gasteiger partial charge in [0.05, 0.1) is 30.6 Å². The van der Waals surface area contributed by atoms with Crippen LogP contribution in [0.25, 0.3) is 0 Å². The highest BCUT2D eigenvalue weighted by molar-refractivity contribution is 6.10. The Morgan fingerprint density at radius 3 is 2.47 bits per heavy atom. The normalized spacial score (nSPS) is 10.0. The van der Waals surface area contributed by atoms with Gasteiger partial charge in [0.15, 0.2) is 11.6 Å². The molecule has 5 heteroatoms. The van der Waals surface area contributed by atoms with Gasteiger partial charge in [-0.25, -0.2) is 4.39 Å². The molecule has 2 rings (SSSR count). The van der Waals surface area contributed by atoms with Crippen LogP contribution in [0, 0.1) is 5.82 Å². The summed E-state index contributed by atoms with van der Waals surface area (Å²) in [5.74, 6) is -0.797. The van der Waals surface area contributed by atoms with Crippen LogP contribution in [0.15, 0.2) is 36.9 Å². The molecule has 0 saturated heterocycles. The minimum atomic E-state index is -0.656. The van der Waals surface area contributed by atoms with Crippen LogP contribution < -0.4 is 4.74 Å². The lowest BCUT2D eigenvalue weighted by molar-refractivity contribution is 0.103. The fourth-order valence-corrected chi connectivity index (χ4v) is 1.43. The average Bonchev–Trinajstić information content (AvgIpc) is 2.38. The Morgan fingerprint density at radius 2 is 1.82 bits per heavy atom. The quantitative estimate of drug-likeness (QED) is 0.758. The number of carbonyl (C=O) groups excluding carboxylic acids is 1. The van der Waals surface area contributed by atoms with E-state index in [4.69, 9.17) is 4.74 Å². The van der Waals surface area contributed by atoms with E-state index in [0.29, 0.717) is 5.75 Å². The molecule has 0 aliphatic carbocycles. The van der Waals surface area contributed by atoms with Crippen LogP contribution in [0.5, 0.6) is 5.75 Å². The number of hydrogen-bond donors (Lipinski definition) is 0. The highest BCUT2D eigenvalue weighted by Crippen LogP contribution is 2.20. The molecule has 0 amide bonds. The second-order valence-electron chi connectivity index (χ2n) is 3.26. The summed E-state index contributed by atoms with van der Waals surface area (Å²) in [4.78, 5) is 19.5. The molecule has 0 aliphatic rings. The Morgan fingerprint density at radius 1 is 1.18 bits per heavy atom. The molecule has 4 nitrogen and oxygen atoms in total. The SMILES string of the molecule is COc1cnccc1C(=O)c1ccncc1F. The van der Waals surface area contributed by atoms with Gasteiger partial charge >= 0.3 is 0 Å². The van der Waals surface area contributed by atoms with Crippen LogP contribution in [0.1, 0.15) is 15.9 Å². The predicted molar refractivity (Wildman–Crippen MR) is 58.4 cm³/mol. The molecule has 0 fully saturated rings. The van der Waals surface area contributed by atoms with Gasteiger partial charge in [-0.3, -0.25) is 14.8 Å². The third kappa shape index (κ3) is 2.13. The van der Waals surface area contributed by atoms with E-state index in [-0.39, 0.29) is 11.1 Å². The second-order valence-corrected chi connectivity index (χ2v) is 3.26. The lowest BCUT2D eigenvalue weighted by atomic mass is 10.0. The maximum Gasteiger partial charge on any atom is 0.199 e. The summed E-state index contributed by atoms with van der Waals surface area (Å²) < 4.78 is 18.4. The maximum atomic E-state index is 13.4. The van der Waals surface area contributed by atoms with E-state index in [1.807, 2.05) is 0 Å². The molecule has 0 spiro atoms. The van der Waals surface area contributed by atoms with Crippen LogP contribution in [0.2, 0.25) is 0 Å². The number of rotatable bonds is 3. The van der Waals surface area contributed by atoms with Gasteiger partial charge in [-0.15, -0.1) is 0 Å². The number of halogens is 1. The summed E-state index contributed by atoms with van der Waals surface area (Å²) in [6.07, 6.45) is 5.23. The summed E-state index contributed by atoms with van der Waals surface area (Å²) in [5.41, 5.74) is 0.233. The average molecular weight is 232 g/mol. The maximum absolute atomic E-state index is 13.4. The number of pyridine rings is 2. The summed E-state index contributed by atoms with van der Waals surface area (Å²) in [6.45, 7) is 0. The van der Waals surface area contributed by atoms with Crippen molar-refractivity contribution < 1.29 is 13.9 Å². The molecule has 0 radical (unpaired) electrons. The lowest BCUT2D eigenvalue weighted by Crippen LogP contribution is -2.06. The fourth-order valence-electron chi connectivity index (χ4n) is 1.43. The van der Waals surface area contributed by atoms with E-state index < -0.39 is 11.6 Å². The number of aromatic nitrogens is 2. The van der Waals surface area contributed by atoms with E-state index in [9.17, 15) is 9.18 Å². The molecular weight excluding hydrogens is 223 g/mol. The smallest absolute Gasteiger partial charge is 0.199 e. The molecule has 17 heavy (non-hydrogen) atoms. The van der Waals surface area contributed by atoms with Crippen LogP contribution in [-0.2, 0) is 0 Å². The van der Waals surface area contributed by atoms with Crippen molar-refractivity contribution in [2.45, 2.75) is 0 Å². The van der Waals surface area contributed by atoms with Crippen molar-refractivity contribution in [1.29, 1.82) is 0 Å². The lowest BCUT2D eigenvalue weighted by Gasteiger charge is -2.06. The van der Waals surface area contributed by atoms with Crippen LogP contribution in [0.4, 0.5) is 4.39 Å². The minimum absolute atomic E-state index is 0.0375. The van der Waals surface area contributed by atoms with E-state index in [2.05, 4.69) is 9.97 Å². The second kappa shape index (κ2) is 4.69. The van der Waals surface area contributed by atoms with Crippen LogP contribution in [0.3, 0.4) is 0 Å². The summed E-state index contributed by atoms with van der Waals surface area (Å²) >= 11 is 0. The van der Waals surface area contributed by atoms with E-state index in [1.54, 1.807) is 0 Å². The topological polar surface area (TPSA) is 52.1 Å². The van der Waals surface area contributed by atoms with Crippen LogP contribution in [-0.4, -0.2) is 22.9 Å². The van der Waals surface area contributed by atoms with Gasteiger partial charge in [-0.1, -0.05) is 0 Å². The fraction of sp³-hybridized carbons (Fsp3) is 0.0833. The van der Waals surface area contributed by atoms with Gasteiger partial charge in [0.25, 0.3) is 0 Å². The first-order chi connectivity index (χ1) is 8.24. The molecule has 0 saturated carbocycles. The van der Waals surface area contributed by atoms with Gasteiger partial charge in [0.1, 0.15) is 5.75 Å². The number of ether oxygens (including phenoxy) is 1. The van der Waals surface area contributed by atoms with Gasteiger partial charge in [0.2, 0.25) is 0 Å². The highest BCUT2D eigenvalue weighted by atomic mass is 19.1. The Kier molecular flexibility index (Phi) is 3.09. The summed E-state index contributed by atoms with van der Waals surface area (Å²) in [7, 11) is 1.43. The third-order valence-electron chi connectivity index (χ3n) is 2.27. The van der Waals surface area contributed by atoms with Gasteiger partial charge in [-0.05, 0) is 12.1 Å². The van der Waals surface area contributed by atoms with Crippen molar-refractivity contribution in [3.63, 3.8) is 0 Å². The van der Waals surface area contributed by atoms with Crippen molar-refractivity contribution in [2.24, 2.45) is 0 Å². The molecular formula is C12H9FN2O2. The number of hydrogen-bond acceptors (Lipinski definition) is 4. The van der Waals surface area contributed by atoms with Gasteiger partial charge in [0, 0.05) is 12.4 Å². The number of ketones is 1. The zero-order valence-corrected chi connectivity index (χ0v) is 9.05.